The molecule has 0 saturated heterocycles. The highest BCUT2D eigenvalue weighted by atomic mass is 32.1. The maximum Gasteiger partial charge on any atom is 0.202 e. The van der Waals surface area contributed by atoms with Gasteiger partial charge in [-0.3, -0.25) is 4.98 Å². The van der Waals surface area contributed by atoms with E-state index in [1.165, 1.54) is 11.5 Å². The van der Waals surface area contributed by atoms with Gasteiger partial charge in [-0.05, 0) is 12.1 Å². The van der Waals surface area contributed by atoms with Crippen molar-refractivity contribution in [2.45, 2.75) is 32.6 Å². The van der Waals surface area contributed by atoms with E-state index in [4.69, 9.17) is 0 Å². The van der Waals surface area contributed by atoms with E-state index in [1.807, 2.05) is 24.4 Å². The molecule has 18 heavy (non-hydrogen) atoms. The van der Waals surface area contributed by atoms with Crippen molar-refractivity contribution in [3.8, 4) is 0 Å². The van der Waals surface area contributed by atoms with Gasteiger partial charge in [0.15, 0.2) is 0 Å². The van der Waals surface area contributed by atoms with Crippen LogP contribution in [0.3, 0.4) is 0 Å². The van der Waals surface area contributed by atoms with E-state index >= 15 is 0 Å². The molecule has 0 aliphatic rings. The minimum absolute atomic E-state index is 0.0113. The second-order valence-corrected chi connectivity index (χ2v) is 5.92. The Morgan fingerprint density at radius 2 is 2.11 bits per heavy atom. The second-order valence-electron chi connectivity index (χ2n) is 5.17. The number of hydrogen-bond acceptors (Lipinski definition) is 5. The van der Waals surface area contributed by atoms with Gasteiger partial charge >= 0.3 is 0 Å². The fraction of sp³-hybridized carbons (Fsp3) is 0.462. The number of pyridine rings is 1. The molecule has 2 aromatic rings. The van der Waals surface area contributed by atoms with Crippen molar-refractivity contribution in [1.29, 1.82) is 0 Å². The lowest BCUT2D eigenvalue weighted by Gasteiger charge is -2.12. The summed E-state index contributed by atoms with van der Waals surface area (Å²) in [6.45, 7) is 7.18. The largest absolute Gasteiger partial charge is 0.360 e. The molecule has 0 aromatic carbocycles. The normalized spacial score (nSPS) is 11.5. The number of anilines is 1. The van der Waals surface area contributed by atoms with Crippen molar-refractivity contribution in [2.24, 2.45) is 0 Å². The Bertz CT molecular complexity index is 487. The van der Waals surface area contributed by atoms with Gasteiger partial charge in [0.25, 0.3) is 0 Å². The lowest BCUT2D eigenvalue weighted by molar-refractivity contribution is 0.555. The zero-order chi connectivity index (χ0) is 13.0. The van der Waals surface area contributed by atoms with Gasteiger partial charge in [-0.15, -0.1) is 0 Å². The SMILES string of the molecule is CC(C)(C)c1nsc(NCCc2ccccn2)n1. The molecule has 0 fully saturated rings. The maximum absolute atomic E-state index is 4.49. The first-order valence-electron chi connectivity index (χ1n) is 6.04. The fourth-order valence-corrected chi connectivity index (χ4v) is 2.22. The summed E-state index contributed by atoms with van der Waals surface area (Å²) in [4.78, 5) is 8.77. The highest BCUT2D eigenvalue weighted by molar-refractivity contribution is 7.09. The molecule has 2 aromatic heterocycles. The molecule has 0 atom stereocenters. The van der Waals surface area contributed by atoms with Gasteiger partial charge in [-0.1, -0.05) is 26.8 Å². The third-order valence-electron chi connectivity index (χ3n) is 2.48. The molecule has 0 unspecified atom stereocenters. The molecule has 4 nitrogen and oxygen atoms in total. The molecule has 1 N–H and O–H groups in total. The summed E-state index contributed by atoms with van der Waals surface area (Å²) in [5.74, 6) is 0.896. The van der Waals surface area contributed by atoms with E-state index in [2.05, 4.69) is 40.4 Å². The average Bonchev–Trinajstić information content (AvgIpc) is 2.79. The first-order valence-corrected chi connectivity index (χ1v) is 6.81. The van der Waals surface area contributed by atoms with E-state index in [-0.39, 0.29) is 5.41 Å². The molecule has 0 radical (unpaired) electrons. The highest BCUT2D eigenvalue weighted by Gasteiger charge is 2.19. The summed E-state index contributed by atoms with van der Waals surface area (Å²) in [5.41, 5.74) is 1.10. The standard InChI is InChI=1S/C13H18N4S/c1-13(2,3)11-16-12(18-17-11)15-9-7-10-6-4-5-8-14-10/h4-6,8H,7,9H2,1-3H3,(H,15,16,17). The van der Waals surface area contributed by atoms with Gasteiger partial charge in [0, 0.05) is 41.8 Å². The Morgan fingerprint density at radius 1 is 1.28 bits per heavy atom. The number of rotatable bonds is 4. The monoisotopic (exact) mass is 262 g/mol. The van der Waals surface area contributed by atoms with Crippen LogP contribution in [0.15, 0.2) is 24.4 Å². The Balaban J connectivity index is 1.86. The van der Waals surface area contributed by atoms with E-state index in [9.17, 15) is 0 Å². The average molecular weight is 262 g/mol. The summed E-state index contributed by atoms with van der Waals surface area (Å²) in [5, 5.41) is 4.18. The summed E-state index contributed by atoms with van der Waals surface area (Å²) >= 11 is 1.42. The molecular formula is C13H18N4S. The second kappa shape index (κ2) is 5.44. The molecule has 2 heterocycles. The molecular weight excluding hydrogens is 244 g/mol. The topological polar surface area (TPSA) is 50.7 Å². The Morgan fingerprint density at radius 3 is 2.72 bits per heavy atom. The van der Waals surface area contributed by atoms with Crippen LogP contribution in [0.25, 0.3) is 0 Å². The van der Waals surface area contributed by atoms with Gasteiger partial charge in [0.1, 0.15) is 5.82 Å². The minimum Gasteiger partial charge on any atom is -0.360 e. The van der Waals surface area contributed by atoms with Crippen LogP contribution in [-0.2, 0) is 11.8 Å². The smallest absolute Gasteiger partial charge is 0.202 e. The molecule has 2 rings (SSSR count). The van der Waals surface area contributed by atoms with Crippen LogP contribution in [0.5, 0.6) is 0 Å². The molecule has 0 bridgehead atoms. The highest BCUT2D eigenvalue weighted by Crippen LogP contribution is 2.22. The number of aromatic nitrogens is 3. The van der Waals surface area contributed by atoms with E-state index < -0.39 is 0 Å². The quantitative estimate of drug-likeness (QED) is 0.920. The van der Waals surface area contributed by atoms with Gasteiger partial charge < -0.3 is 5.32 Å². The molecule has 0 aliphatic heterocycles. The van der Waals surface area contributed by atoms with Gasteiger partial charge in [-0.25, -0.2) is 4.98 Å². The Labute approximate surface area is 112 Å². The molecule has 0 amide bonds. The zero-order valence-corrected chi connectivity index (χ0v) is 11.8. The van der Waals surface area contributed by atoms with E-state index in [0.717, 1.165) is 29.6 Å². The van der Waals surface area contributed by atoms with Crippen molar-refractivity contribution in [2.75, 3.05) is 11.9 Å². The van der Waals surface area contributed by atoms with Crippen LogP contribution in [0, 0.1) is 0 Å². The summed E-state index contributed by atoms with van der Waals surface area (Å²) in [7, 11) is 0. The first-order chi connectivity index (χ1) is 8.55. The Hall–Kier alpha value is -1.49. The molecule has 5 heteroatoms. The molecule has 0 spiro atoms. The molecule has 0 aliphatic carbocycles. The molecule has 96 valence electrons. The third-order valence-corrected chi connectivity index (χ3v) is 3.15. The number of nitrogens with one attached hydrogen (secondary N) is 1. The predicted molar refractivity (Wildman–Crippen MR) is 75.0 cm³/mol. The van der Waals surface area contributed by atoms with Crippen LogP contribution in [0.1, 0.15) is 32.3 Å². The van der Waals surface area contributed by atoms with Crippen molar-refractivity contribution in [1.82, 2.24) is 14.3 Å². The summed E-state index contributed by atoms with van der Waals surface area (Å²) in [6, 6.07) is 5.96. The third kappa shape index (κ3) is 3.50. The van der Waals surface area contributed by atoms with Gasteiger partial charge in [-0.2, -0.15) is 4.37 Å². The van der Waals surface area contributed by atoms with Gasteiger partial charge in [0.05, 0.1) is 0 Å². The van der Waals surface area contributed by atoms with Crippen LogP contribution >= 0.6 is 11.5 Å². The first kappa shape index (κ1) is 13.0. The zero-order valence-electron chi connectivity index (χ0n) is 11.0. The van der Waals surface area contributed by atoms with Crippen molar-refractivity contribution in [3.05, 3.63) is 35.9 Å². The summed E-state index contributed by atoms with van der Waals surface area (Å²) in [6.07, 6.45) is 2.71. The van der Waals surface area contributed by atoms with Crippen molar-refractivity contribution < 1.29 is 0 Å². The fourth-order valence-electron chi connectivity index (χ4n) is 1.44. The molecule has 0 saturated carbocycles. The number of nitrogens with zero attached hydrogens (tertiary/aromatic N) is 3. The van der Waals surface area contributed by atoms with Crippen LogP contribution in [0.4, 0.5) is 5.13 Å². The van der Waals surface area contributed by atoms with E-state index in [0.29, 0.717) is 0 Å². The van der Waals surface area contributed by atoms with Crippen molar-refractivity contribution in [3.63, 3.8) is 0 Å². The summed E-state index contributed by atoms with van der Waals surface area (Å²) < 4.78 is 4.37. The lowest BCUT2D eigenvalue weighted by Crippen LogP contribution is -2.13. The maximum atomic E-state index is 4.49. The van der Waals surface area contributed by atoms with E-state index in [1.54, 1.807) is 0 Å². The predicted octanol–water partition coefficient (Wildman–Crippen LogP) is 2.89. The van der Waals surface area contributed by atoms with Gasteiger partial charge in [0.2, 0.25) is 5.13 Å². The minimum atomic E-state index is 0.0113. The lowest BCUT2D eigenvalue weighted by atomic mass is 9.96. The van der Waals surface area contributed by atoms with Crippen molar-refractivity contribution >= 4 is 16.7 Å². The van der Waals surface area contributed by atoms with Crippen LogP contribution < -0.4 is 5.32 Å². The van der Waals surface area contributed by atoms with Crippen LogP contribution in [-0.4, -0.2) is 20.9 Å². The van der Waals surface area contributed by atoms with Crippen LogP contribution in [0.2, 0.25) is 0 Å². The number of hydrogen-bond donors (Lipinski definition) is 1. The Kier molecular flexibility index (Phi) is 3.91.